The van der Waals surface area contributed by atoms with E-state index in [2.05, 4.69) is 16.9 Å². The summed E-state index contributed by atoms with van der Waals surface area (Å²) in [4.78, 5) is 4.31. The van der Waals surface area contributed by atoms with Crippen LogP contribution in [0.2, 0.25) is 0 Å². The molecular weight excluding hydrogens is 244 g/mol. The minimum Gasteiger partial charge on any atom is -0.395 e. The van der Waals surface area contributed by atoms with Crippen molar-refractivity contribution in [2.24, 2.45) is 4.99 Å². The van der Waals surface area contributed by atoms with E-state index in [9.17, 15) is 5.11 Å². The third-order valence-electron chi connectivity index (χ3n) is 2.62. The molecule has 2 rings (SSSR count). The molecular formula is C10H16N2O2S2. The fourth-order valence-corrected chi connectivity index (χ4v) is 4.96. The first kappa shape index (κ1) is 12.3. The summed E-state index contributed by atoms with van der Waals surface area (Å²) < 4.78 is 0.254. The van der Waals surface area contributed by atoms with Crippen molar-refractivity contribution in [3.63, 3.8) is 0 Å². The molecule has 3 N–H and O–H groups in total. The maximum atomic E-state index is 9.95. The fraction of sp³-hybridized carbons (Fsp3) is 0.700. The Hall–Kier alpha value is -0.170. The van der Waals surface area contributed by atoms with Gasteiger partial charge in [-0.15, -0.1) is 18.3 Å². The maximum absolute atomic E-state index is 9.95. The molecule has 0 aromatic heterocycles. The normalized spacial score (nSPS) is 40.5. The predicted molar refractivity (Wildman–Crippen MR) is 69.9 cm³/mol. The Morgan fingerprint density at radius 1 is 1.62 bits per heavy atom. The van der Waals surface area contributed by atoms with E-state index in [1.54, 1.807) is 29.6 Å². The minimum absolute atomic E-state index is 0.0568. The van der Waals surface area contributed by atoms with E-state index >= 15 is 0 Å². The van der Waals surface area contributed by atoms with Crippen LogP contribution in [0.25, 0.3) is 0 Å². The third-order valence-corrected chi connectivity index (χ3v) is 5.53. The molecule has 4 unspecified atom stereocenters. The molecule has 2 aliphatic rings. The van der Waals surface area contributed by atoms with Gasteiger partial charge in [-0.1, -0.05) is 17.8 Å². The number of aliphatic imine (C=N–C) groups is 1. The van der Waals surface area contributed by atoms with Gasteiger partial charge in [0.1, 0.15) is 0 Å². The molecule has 4 nitrogen and oxygen atoms in total. The topological polar surface area (TPSA) is 64.9 Å². The molecule has 0 bridgehead atoms. The van der Waals surface area contributed by atoms with Gasteiger partial charge < -0.3 is 15.5 Å². The largest absolute Gasteiger partial charge is 0.395 e. The molecule has 0 aliphatic carbocycles. The number of hydrogen-bond acceptors (Lipinski definition) is 5. The monoisotopic (exact) mass is 260 g/mol. The lowest BCUT2D eigenvalue weighted by atomic mass is 10.1. The lowest BCUT2D eigenvalue weighted by Gasteiger charge is -2.33. The Labute approximate surface area is 104 Å². The molecule has 16 heavy (non-hydrogen) atoms. The second-order valence-electron chi connectivity index (χ2n) is 3.83. The van der Waals surface area contributed by atoms with Gasteiger partial charge >= 0.3 is 0 Å². The summed E-state index contributed by atoms with van der Waals surface area (Å²) in [5.74, 6) is 0. The van der Waals surface area contributed by atoms with Crippen molar-refractivity contribution in [2.45, 2.75) is 28.4 Å². The number of amidine groups is 1. The van der Waals surface area contributed by atoms with Gasteiger partial charge in [-0.3, -0.25) is 4.99 Å². The molecule has 2 fully saturated rings. The molecule has 4 atom stereocenters. The number of aliphatic hydroxyl groups is 2. The van der Waals surface area contributed by atoms with Crippen LogP contribution in [0.5, 0.6) is 0 Å². The highest BCUT2D eigenvalue weighted by molar-refractivity contribution is 8.25. The lowest BCUT2D eigenvalue weighted by Crippen LogP contribution is -2.47. The fourth-order valence-electron chi connectivity index (χ4n) is 1.83. The molecule has 0 spiro atoms. The SMILES string of the molecule is C=CCN=C1NC2C(O)CC(CO)SC2S1. The van der Waals surface area contributed by atoms with E-state index in [-0.39, 0.29) is 22.5 Å². The second kappa shape index (κ2) is 5.44. The van der Waals surface area contributed by atoms with E-state index in [1.807, 2.05) is 0 Å². The third kappa shape index (κ3) is 2.56. The molecule has 2 heterocycles. The Morgan fingerprint density at radius 2 is 2.44 bits per heavy atom. The van der Waals surface area contributed by atoms with Gasteiger partial charge in [0, 0.05) is 5.25 Å². The van der Waals surface area contributed by atoms with Crippen LogP contribution in [0.3, 0.4) is 0 Å². The number of thioether (sulfide) groups is 2. The van der Waals surface area contributed by atoms with Crippen LogP contribution in [0.15, 0.2) is 17.6 Å². The van der Waals surface area contributed by atoms with Crippen molar-refractivity contribution in [3.8, 4) is 0 Å². The summed E-state index contributed by atoms with van der Waals surface area (Å²) in [5.41, 5.74) is 0. The summed E-state index contributed by atoms with van der Waals surface area (Å²) in [6, 6.07) is 0.0568. The van der Waals surface area contributed by atoms with Gasteiger partial charge in [-0.05, 0) is 6.42 Å². The quantitative estimate of drug-likeness (QED) is 0.642. The predicted octanol–water partition coefficient (Wildman–Crippen LogP) is 0.418. The van der Waals surface area contributed by atoms with Crippen molar-refractivity contribution in [3.05, 3.63) is 12.7 Å². The molecule has 90 valence electrons. The molecule has 0 saturated carbocycles. The first-order valence-corrected chi connectivity index (χ1v) is 7.09. The van der Waals surface area contributed by atoms with Gasteiger partial charge in [-0.2, -0.15) is 0 Å². The minimum atomic E-state index is -0.396. The molecule has 2 saturated heterocycles. The molecule has 0 amide bonds. The molecule has 0 aromatic carbocycles. The van der Waals surface area contributed by atoms with Gasteiger partial charge in [0.15, 0.2) is 5.17 Å². The Balaban J connectivity index is 2.00. The van der Waals surface area contributed by atoms with Gasteiger partial charge in [-0.25, -0.2) is 0 Å². The maximum Gasteiger partial charge on any atom is 0.158 e. The number of rotatable bonds is 3. The highest BCUT2D eigenvalue weighted by atomic mass is 32.2. The molecule has 0 aromatic rings. The molecule has 6 heteroatoms. The van der Waals surface area contributed by atoms with E-state index in [0.29, 0.717) is 13.0 Å². The zero-order valence-corrected chi connectivity index (χ0v) is 10.5. The summed E-state index contributed by atoms with van der Waals surface area (Å²) in [6.45, 7) is 4.35. The Morgan fingerprint density at radius 3 is 3.12 bits per heavy atom. The van der Waals surface area contributed by atoms with E-state index in [4.69, 9.17) is 5.11 Å². The summed E-state index contributed by atoms with van der Waals surface area (Å²) >= 11 is 3.37. The van der Waals surface area contributed by atoms with Crippen LogP contribution >= 0.6 is 23.5 Å². The van der Waals surface area contributed by atoms with Crippen molar-refractivity contribution in [1.29, 1.82) is 0 Å². The van der Waals surface area contributed by atoms with Gasteiger partial charge in [0.05, 0.1) is 29.9 Å². The Bertz CT molecular complexity index is 299. The number of hydrogen-bond donors (Lipinski definition) is 3. The van der Waals surface area contributed by atoms with Crippen LogP contribution in [-0.2, 0) is 0 Å². The Kier molecular flexibility index (Phi) is 4.18. The average Bonchev–Trinajstić information content (AvgIpc) is 2.69. The lowest BCUT2D eigenvalue weighted by molar-refractivity contribution is 0.120. The summed E-state index contributed by atoms with van der Waals surface area (Å²) in [5, 5.41) is 23.3. The van der Waals surface area contributed by atoms with Crippen LogP contribution in [0.1, 0.15) is 6.42 Å². The van der Waals surface area contributed by atoms with Crippen LogP contribution < -0.4 is 5.32 Å². The zero-order chi connectivity index (χ0) is 11.5. The molecule has 0 radical (unpaired) electrons. The number of aliphatic hydroxyl groups excluding tert-OH is 2. The standard InChI is InChI=1S/C10H16N2O2S2/c1-2-3-11-10-12-8-7(14)4-6(5-13)15-9(8)16-10/h2,6-9,13-14H,1,3-5H2,(H,11,12). The van der Waals surface area contributed by atoms with E-state index in [0.717, 1.165) is 5.17 Å². The summed E-state index contributed by atoms with van der Waals surface area (Å²) in [6.07, 6.45) is 1.99. The highest BCUT2D eigenvalue weighted by Gasteiger charge is 2.43. The number of nitrogens with one attached hydrogen (secondary N) is 1. The summed E-state index contributed by atoms with van der Waals surface area (Å²) in [7, 11) is 0. The first-order chi connectivity index (χ1) is 7.74. The van der Waals surface area contributed by atoms with Crippen molar-refractivity contribution >= 4 is 28.7 Å². The van der Waals surface area contributed by atoms with Crippen LogP contribution in [-0.4, -0.2) is 50.5 Å². The van der Waals surface area contributed by atoms with Crippen molar-refractivity contribution < 1.29 is 10.2 Å². The number of fused-ring (bicyclic) bond motifs is 1. The average molecular weight is 260 g/mol. The van der Waals surface area contributed by atoms with Gasteiger partial charge in [0.2, 0.25) is 0 Å². The van der Waals surface area contributed by atoms with Crippen LogP contribution in [0, 0.1) is 0 Å². The van der Waals surface area contributed by atoms with Crippen molar-refractivity contribution in [2.75, 3.05) is 13.2 Å². The first-order valence-electron chi connectivity index (χ1n) is 5.27. The van der Waals surface area contributed by atoms with Crippen molar-refractivity contribution in [1.82, 2.24) is 5.32 Å². The zero-order valence-electron chi connectivity index (χ0n) is 8.87. The van der Waals surface area contributed by atoms with Crippen LogP contribution in [0.4, 0.5) is 0 Å². The second-order valence-corrected chi connectivity index (χ2v) is 6.71. The van der Waals surface area contributed by atoms with E-state index in [1.165, 1.54) is 0 Å². The number of nitrogens with zero attached hydrogens (tertiary/aromatic N) is 1. The van der Waals surface area contributed by atoms with Gasteiger partial charge in [0.25, 0.3) is 0 Å². The van der Waals surface area contributed by atoms with E-state index < -0.39 is 6.10 Å². The smallest absolute Gasteiger partial charge is 0.158 e. The molecule has 2 aliphatic heterocycles. The highest BCUT2D eigenvalue weighted by Crippen LogP contribution is 2.42.